The van der Waals surface area contributed by atoms with Crippen molar-refractivity contribution in [2.24, 2.45) is 5.73 Å². The molecule has 8 amide bonds. The van der Waals surface area contributed by atoms with Crippen LogP contribution < -0.4 is 93.3 Å². The van der Waals surface area contributed by atoms with Crippen molar-refractivity contribution < 1.29 is 47.9 Å². The number of nitrogens with one attached hydrogen (secondary N) is 12. The van der Waals surface area contributed by atoms with Crippen LogP contribution in [0.15, 0.2) is 63.1 Å². The van der Waals surface area contributed by atoms with Crippen molar-refractivity contribution in [3.8, 4) is 0 Å². The number of esters is 1. The average Bonchev–Trinajstić information content (AvgIpc) is 3.17. The zero-order chi connectivity index (χ0) is 64.5. The molecule has 0 saturated carbocycles. The fraction of sp³-hybridized carbons (Fsp3) is 0.519. The lowest BCUT2D eigenvalue weighted by Gasteiger charge is -2.22. The molecule has 4 aromatic heterocycles. The van der Waals surface area contributed by atoms with Gasteiger partial charge < -0.3 is 53.0 Å². The van der Waals surface area contributed by atoms with Gasteiger partial charge in [0.2, 0.25) is 47.3 Å². The number of carbonyl (C=O) groups excluding carboxylic acids is 9. The molecule has 0 bridgehead atoms. The molecule has 4 heterocycles. The van der Waals surface area contributed by atoms with E-state index in [1.54, 1.807) is 6.92 Å². The summed E-state index contributed by atoms with van der Waals surface area (Å²) in [5.41, 5.74) is -0.0819. The Hall–Kier alpha value is -10.1. The van der Waals surface area contributed by atoms with Gasteiger partial charge in [-0.25, -0.2) is 19.2 Å². The molecule has 0 aromatic carbocycles. The SMILES string of the molecule is CCOC(=O)CNC(=O)[C@@H](CCCNC(=O)[C@@H](CCCNC(=O)[C@@H](CCCNC(=O)[C@@H](CCCN)NC(=O)Cn1cc(C)c(=O)[nH]c1=O)NC(=O)Cn1cc(C)c(=O)[nH]c1=O)NC(=O)Cn1cc(C)c(=O)[nH]c1=O)NC(=O)Cn1cc(C)c(=O)[nH]c1=O. The van der Waals surface area contributed by atoms with E-state index in [1.807, 2.05) is 0 Å². The van der Waals surface area contributed by atoms with Crippen LogP contribution >= 0.6 is 0 Å². The van der Waals surface area contributed by atoms with Gasteiger partial charge in [0.15, 0.2) is 0 Å². The fourth-order valence-electron chi connectivity index (χ4n) is 8.34. The van der Waals surface area contributed by atoms with E-state index in [-0.39, 0.29) is 100.0 Å². The first-order valence-corrected chi connectivity index (χ1v) is 27.5. The highest BCUT2D eigenvalue weighted by Gasteiger charge is 2.27. The Bertz CT molecular complexity index is 3660. The van der Waals surface area contributed by atoms with Gasteiger partial charge in [0.1, 0.15) is 56.9 Å². The van der Waals surface area contributed by atoms with Crippen molar-refractivity contribution in [3.05, 3.63) is 130 Å². The van der Waals surface area contributed by atoms with E-state index >= 15 is 0 Å². The average molecular weight is 1220 g/mol. The second-order valence-corrected chi connectivity index (χ2v) is 20.0. The minimum atomic E-state index is -1.37. The molecule has 35 heteroatoms. The van der Waals surface area contributed by atoms with E-state index in [1.165, 1.54) is 33.9 Å². The third kappa shape index (κ3) is 22.8. The van der Waals surface area contributed by atoms with Crippen LogP contribution in [0.25, 0.3) is 0 Å². The molecule has 0 saturated heterocycles. The summed E-state index contributed by atoms with van der Waals surface area (Å²) in [6.45, 7) is 3.88. The number of aromatic nitrogens is 8. The minimum Gasteiger partial charge on any atom is -0.465 e. The largest absolute Gasteiger partial charge is 0.465 e. The fourth-order valence-corrected chi connectivity index (χ4v) is 8.34. The summed E-state index contributed by atoms with van der Waals surface area (Å²) >= 11 is 0. The minimum absolute atomic E-state index is 0.0151. The molecule has 0 aliphatic rings. The van der Waals surface area contributed by atoms with Gasteiger partial charge in [-0.15, -0.1) is 0 Å². The Labute approximate surface area is 492 Å². The number of nitrogens with two attached hydrogens (primary N) is 1. The smallest absolute Gasteiger partial charge is 0.328 e. The van der Waals surface area contributed by atoms with E-state index in [9.17, 15) is 81.5 Å². The Morgan fingerprint density at radius 3 is 0.931 bits per heavy atom. The zero-order valence-corrected chi connectivity index (χ0v) is 48.6. The first-order valence-electron chi connectivity index (χ1n) is 27.5. The van der Waals surface area contributed by atoms with Crippen molar-refractivity contribution in [3.63, 3.8) is 0 Å². The first kappa shape index (κ1) is 69.4. The molecule has 4 rings (SSSR count). The molecule has 0 aliphatic carbocycles. The maximum Gasteiger partial charge on any atom is 0.328 e. The van der Waals surface area contributed by atoms with Crippen molar-refractivity contribution in [2.45, 2.75) is 136 Å². The van der Waals surface area contributed by atoms with Crippen LogP contribution in [-0.4, -0.2) is 155 Å². The lowest BCUT2D eigenvalue weighted by molar-refractivity contribution is -0.143. The quantitative estimate of drug-likeness (QED) is 0.0153. The molecule has 35 nitrogen and oxygen atoms in total. The number of hydrogen-bond acceptors (Lipinski definition) is 19. The molecule has 0 radical (unpaired) electrons. The van der Waals surface area contributed by atoms with Crippen LogP contribution in [0.1, 0.15) is 80.5 Å². The summed E-state index contributed by atoms with van der Waals surface area (Å²) in [7, 11) is 0. The number of aryl methyl sites for hydroxylation is 4. The van der Waals surface area contributed by atoms with Crippen LogP contribution in [0, 0.1) is 27.7 Å². The Morgan fingerprint density at radius 2 is 0.678 bits per heavy atom. The van der Waals surface area contributed by atoms with E-state index < -0.39 is 155 Å². The molecular formula is C52H73N17O18. The molecule has 0 aliphatic heterocycles. The monoisotopic (exact) mass is 1220 g/mol. The lowest BCUT2D eigenvalue weighted by Crippen LogP contribution is -2.51. The summed E-state index contributed by atoms with van der Waals surface area (Å²) in [4.78, 5) is 225. The summed E-state index contributed by atoms with van der Waals surface area (Å²) in [5.74, 6) is -7.08. The van der Waals surface area contributed by atoms with Gasteiger partial charge in [-0.05, 0) is 92.5 Å². The lowest BCUT2D eigenvalue weighted by atomic mass is 10.1. The van der Waals surface area contributed by atoms with Crippen molar-refractivity contribution >= 4 is 53.2 Å². The summed E-state index contributed by atoms with van der Waals surface area (Å²) in [5, 5.41) is 20.4. The molecule has 4 aromatic rings. The summed E-state index contributed by atoms with van der Waals surface area (Å²) < 4.78 is 8.52. The highest BCUT2D eigenvalue weighted by molar-refractivity contribution is 5.91. The van der Waals surface area contributed by atoms with Gasteiger partial charge in [0.25, 0.3) is 22.2 Å². The number of nitrogens with zero attached hydrogens (tertiary/aromatic N) is 4. The second-order valence-electron chi connectivity index (χ2n) is 20.0. The summed E-state index contributed by atoms with van der Waals surface area (Å²) in [6, 6.07) is -5.18. The molecule has 0 unspecified atom stereocenters. The number of H-pyrrole nitrogens is 4. The standard InChI is InChI=1S/C52H73N17O18/c1-6-87-40(74)19-57-48(82)35(61-39(73)27-69-23-31(5)44(78)65-52(69)86)14-10-18-56-47(81)34(60-38(72)26-68-22-30(4)43(77)64-51(68)85)13-9-17-55-46(80)33(59-37(71)25-67-21-29(3)42(76)63-50(67)84)12-8-16-54-45(79)32(11-7-15-53)58-36(70)24-66-20-28(2)41(75)62-49(66)83/h20-23,32-35H,6-19,24-27,53H2,1-5H3,(H,54,79)(H,55,80)(H,56,81)(H,57,82)(H,58,70)(H,59,71)(H,60,72)(H,61,73)(H,62,75,83)(H,63,76,84)(H,64,77,85)(H,65,78,86)/t32-,33-,34-,35-/m1/s1. The topological polar surface area (TPSA) is 505 Å². The van der Waals surface area contributed by atoms with E-state index in [4.69, 9.17) is 10.5 Å². The predicted octanol–water partition coefficient (Wildman–Crippen LogP) is -7.53. The number of aromatic amines is 4. The second kappa shape index (κ2) is 34.0. The van der Waals surface area contributed by atoms with Gasteiger partial charge in [0, 0.05) is 66.7 Å². The van der Waals surface area contributed by atoms with Gasteiger partial charge in [-0.1, -0.05) is 0 Å². The van der Waals surface area contributed by atoms with Gasteiger partial charge in [0.05, 0.1) is 6.61 Å². The number of ether oxygens (including phenoxy) is 1. The van der Waals surface area contributed by atoms with Crippen molar-refractivity contribution in [1.82, 2.24) is 80.7 Å². The summed E-state index contributed by atoms with van der Waals surface area (Å²) in [6.07, 6.45) is 4.50. The molecule has 474 valence electrons. The molecule has 0 fully saturated rings. The van der Waals surface area contributed by atoms with Crippen LogP contribution in [0.3, 0.4) is 0 Å². The Balaban J connectivity index is 1.47. The highest BCUT2D eigenvalue weighted by atomic mass is 16.5. The van der Waals surface area contributed by atoms with Crippen molar-refractivity contribution in [2.75, 3.05) is 39.3 Å². The number of amides is 8. The first-order chi connectivity index (χ1) is 41.2. The molecule has 14 N–H and O–H groups in total. The Kier molecular flexibility index (Phi) is 27.1. The van der Waals surface area contributed by atoms with Gasteiger partial charge >= 0.3 is 28.7 Å². The number of carbonyl (C=O) groups is 9. The van der Waals surface area contributed by atoms with Crippen LogP contribution in [-0.2, 0) is 74.1 Å². The van der Waals surface area contributed by atoms with E-state index in [2.05, 4.69) is 62.5 Å². The number of rotatable bonds is 34. The van der Waals surface area contributed by atoms with Crippen LogP contribution in [0.2, 0.25) is 0 Å². The maximum atomic E-state index is 13.9. The third-order valence-electron chi connectivity index (χ3n) is 12.9. The molecule has 4 atom stereocenters. The van der Waals surface area contributed by atoms with Crippen molar-refractivity contribution in [1.29, 1.82) is 0 Å². The normalized spacial score (nSPS) is 12.3. The maximum absolute atomic E-state index is 13.9. The van der Waals surface area contributed by atoms with Crippen LogP contribution in [0.4, 0.5) is 0 Å². The van der Waals surface area contributed by atoms with E-state index in [0.717, 1.165) is 36.9 Å². The zero-order valence-electron chi connectivity index (χ0n) is 48.6. The predicted molar refractivity (Wildman–Crippen MR) is 307 cm³/mol. The van der Waals surface area contributed by atoms with E-state index in [0.29, 0.717) is 6.42 Å². The third-order valence-corrected chi connectivity index (χ3v) is 12.9. The van der Waals surface area contributed by atoms with Gasteiger partial charge in [-0.2, -0.15) is 0 Å². The molecule has 0 spiro atoms. The highest BCUT2D eigenvalue weighted by Crippen LogP contribution is 2.05. The van der Waals surface area contributed by atoms with Gasteiger partial charge in [-0.3, -0.25) is 101 Å². The number of hydrogen-bond donors (Lipinski definition) is 13. The molecule has 87 heavy (non-hydrogen) atoms. The van der Waals surface area contributed by atoms with Crippen LogP contribution in [0.5, 0.6) is 0 Å². The molecular weight excluding hydrogens is 1150 g/mol. The Morgan fingerprint density at radius 1 is 0.425 bits per heavy atom.